The molecular weight excluding hydrogens is 266 g/mol. The SMILES string of the molecule is Cn1cnc2c(=O)n3cc(-c4ccccc4)nc3n(C)c21. The van der Waals surface area contributed by atoms with Crippen LogP contribution in [0.15, 0.2) is 47.7 Å². The highest BCUT2D eigenvalue weighted by Gasteiger charge is 2.15. The van der Waals surface area contributed by atoms with Gasteiger partial charge in [-0.2, -0.15) is 0 Å². The molecule has 3 aromatic heterocycles. The van der Waals surface area contributed by atoms with E-state index < -0.39 is 0 Å². The predicted molar refractivity (Wildman–Crippen MR) is 80.1 cm³/mol. The number of aromatic nitrogens is 5. The van der Waals surface area contributed by atoms with Crippen molar-refractivity contribution in [3.8, 4) is 11.3 Å². The van der Waals surface area contributed by atoms with E-state index in [1.807, 2.05) is 53.6 Å². The zero-order valence-electron chi connectivity index (χ0n) is 11.7. The number of hydrogen-bond donors (Lipinski definition) is 0. The van der Waals surface area contributed by atoms with E-state index in [1.165, 1.54) is 0 Å². The van der Waals surface area contributed by atoms with Crippen LogP contribution in [0.2, 0.25) is 0 Å². The second kappa shape index (κ2) is 4.05. The minimum atomic E-state index is -0.145. The summed E-state index contributed by atoms with van der Waals surface area (Å²) in [5, 5.41) is 0. The van der Waals surface area contributed by atoms with Gasteiger partial charge >= 0.3 is 0 Å². The van der Waals surface area contributed by atoms with E-state index in [2.05, 4.69) is 9.97 Å². The van der Waals surface area contributed by atoms with Crippen LogP contribution in [0.4, 0.5) is 0 Å². The lowest BCUT2D eigenvalue weighted by Gasteiger charge is -2.04. The molecule has 0 radical (unpaired) electrons. The van der Waals surface area contributed by atoms with E-state index in [9.17, 15) is 4.79 Å². The lowest BCUT2D eigenvalue weighted by Crippen LogP contribution is -2.17. The van der Waals surface area contributed by atoms with Crippen LogP contribution in [0.25, 0.3) is 28.2 Å². The van der Waals surface area contributed by atoms with Crippen molar-refractivity contribution in [3.63, 3.8) is 0 Å². The maximum absolute atomic E-state index is 12.5. The second-order valence-corrected chi connectivity index (χ2v) is 5.05. The Kier molecular flexibility index (Phi) is 2.29. The number of hydrogen-bond acceptors (Lipinski definition) is 3. The Balaban J connectivity index is 2.13. The maximum atomic E-state index is 12.5. The lowest BCUT2D eigenvalue weighted by atomic mass is 10.2. The molecule has 0 aliphatic rings. The van der Waals surface area contributed by atoms with E-state index in [0.29, 0.717) is 11.3 Å². The molecule has 0 N–H and O–H groups in total. The summed E-state index contributed by atoms with van der Waals surface area (Å²) in [5.41, 5.74) is 2.83. The van der Waals surface area contributed by atoms with Crippen LogP contribution in [-0.2, 0) is 14.1 Å². The Morgan fingerprint density at radius 2 is 1.86 bits per heavy atom. The second-order valence-electron chi connectivity index (χ2n) is 5.05. The van der Waals surface area contributed by atoms with E-state index in [-0.39, 0.29) is 5.56 Å². The molecule has 0 aliphatic heterocycles. The van der Waals surface area contributed by atoms with Gasteiger partial charge in [0.05, 0.1) is 12.0 Å². The molecule has 21 heavy (non-hydrogen) atoms. The molecule has 1 aromatic carbocycles. The quantitative estimate of drug-likeness (QED) is 0.531. The standard InChI is InChI=1S/C15H13N5O/c1-18-9-16-12-13(18)19(2)15-17-11(8-20(15)14(12)21)10-6-4-3-5-7-10/h3-9H,1-2H3. The average molecular weight is 279 g/mol. The number of aryl methyl sites for hydroxylation is 2. The van der Waals surface area contributed by atoms with Gasteiger partial charge in [0.1, 0.15) is 5.65 Å². The first kappa shape index (κ1) is 11.9. The predicted octanol–water partition coefficient (Wildman–Crippen LogP) is 1.59. The van der Waals surface area contributed by atoms with Gasteiger partial charge in [-0.3, -0.25) is 9.36 Å². The van der Waals surface area contributed by atoms with E-state index >= 15 is 0 Å². The summed E-state index contributed by atoms with van der Waals surface area (Å²) < 4.78 is 5.27. The fourth-order valence-corrected chi connectivity index (χ4v) is 2.68. The monoisotopic (exact) mass is 279 g/mol. The van der Waals surface area contributed by atoms with Gasteiger partial charge < -0.3 is 4.57 Å². The molecule has 0 spiro atoms. The Labute approximate surface area is 119 Å². The molecule has 4 rings (SSSR count). The number of nitrogens with zero attached hydrogens (tertiary/aromatic N) is 5. The summed E-state index contributed by atoms with van der Waals surface area (Å²) in [6.07, 6.45) is 3.41. The fourth-order valence-electron chi connectivity index (χ4n) is 2.68. The summed E-state index contributed by atoms with van der Waals surface area (Å²) in [5.74, 6) is 0.606. The summed E-state index contributed by atoms with van der Waals surface area (Å²) in [6, 6.07) is 9.82. The molecule has 4 aromatic rings. The van der Waals surface area contributed by atoms with Crippen LogP contribution in [0.5, 0.6) is 0 Å². The van der Waals surface area contributed by atoms with Gasteiger partial charge in [0.15, 0.2) is 5.52 Å². The lowest BCUT2D eigenvalue weighted by molar-refractivity contribution is 0.842. The van der Waals surface area contributed by atoms with Crippen LogP contribution < -0.4 is 5.56 Å². The third kappa shape index (κ3) is 1.56. The van der Waals surface area contributed by atoms with Crippen molar-refractivity contribution in [1.82, 2.24) is 23.5 Å². The zero-order valence-corrected chi connectivity index (χ0v) is 11.7. The highest BCUT2D eigenvalue weighted by Crippen LogP contribution is 2.19. The molecule has 0 saturated heterocycles. The first-order valence-electron chi connectivity index (χ1n) is 6.61. The smallest absolute Gasteiger partial charge is 0.287 e. The molecule has 0 amide bonds. The van der Waals surface area contributed by atoms with Gasteiger partial charge in [-0.1, -0.05) is 30.3 Å². The molecule has 0 fully saturated rings. The Morgan fingerprint density at radius 1 is 1.10 bits per heavy atom. The van der Waals surface area contributed by atoms with Crippen molar-refractivity contribution in [2.75, 3.05) is 0 Å². The summed E-state index contributed by atoms with van der Waals surface area (Å²) >= 11 is 0. The number of benzene rings is 1. The highest BCUT2D eigenvalue weighted by molar-refractivity contribution is 5.74. The zero-order chi connectivity index (χ0) is 14.6. The molecule has 0 bridgehead atoms. The van der Waals surface area contributed by atoms with Gasteiger partial charge in [0.2, 0.25) is 5.78 Å². The normalized spacial score (nSPS) is 11.5. The number of imidazole rings is 2. The van der Waals surface area contributed by atoms with Gasteiger partial charge in [-0.15, -0.1) is 0 Å². The topological polar surface area (TPSA) is 57.1 Å². The molecule has 0 saturated carbocycles. The summed E-state index contributed by atoms with van der Waals surface area (Å²) in [7, 11) is 3.76. The van der Waals surface area contributed by atoms with Gasteiger partial charge in [0.25, 0.3) is 5.56 Å². The van der Waals surface area contributed by atoms with Crippen molar-refractivity contribution >= 4 is 16.9 Å². The minimum Gasteiger partial charge on any atom is -0.320 e. The van der Waals surface area contributed by atoms with Crippen molar-refractivity contribution in [3.05, 3.63) is 53.2 Å². The van der Waals surface area contributed by atoms with E-state index in [4.69, 9.17) is 0 Å². The van der Waals surface area contributed by atoms with Crippen LogP contribution in [0, 0.1) is 0 Å². The van der Waals surface area contributed by atoms with E-state index in [0.717, 1.165) is 16.9 Å². The molecule has 0 aliphatic carbocycles. The van der Waals surface area contributed by atoms with Crippen molar-refractivity contribution < 1.29 is 0 Å². The number of fused-ring (bicyclic) bond motifs is 2. The Bertz CT molecular complexity index is 1020. The molecule has 104 valence electrons. The summed E-state index contributed by atoms with van der Waals surface area (Å²) in [4.78, 5) is 21.3. The fraction of sp³-hybridized carbons (Fsp3) is 0.133. The van der Waals surface area contributed by atoms with Crippen molar-refractivity contribution in [1.29, 1.82) is 0 Å². The first-order valence-corrected chi connectivity index (χ1v) is 6.61. The third-order valence-corrected chi connectivity index (χ3v) is 3.70. The first-order chi connectivity index (χ1) is 10.2. The van der Waals surface area contributed by atoms with Crippen LogP contribution in [0.1, 0.15) is 0 Å². The van der Waals surface area contributed by atoms with Gasteiger partial charge in [-0.05, 0) is 0 Å². The minimum absolute atomic E-state index is 0.145. The van der Waals surface area contributed by atoms with Gasteiger partial charge in [-0.25, -0.2) is 14.4 Å². The molecular formula is C15H13N5O. The molecule has 0 unspecified atom stereocenters. The van der Waals surface area contributed by atoms with Crippen molar-refractivity contribution in [2.24, 2.45) is 14.1 Å². The Hall–Kier alpha value is -2.89. The van der Waals surface area contributed by atoms with Crippen LogP contribution in [0.3, 0.4) is 0 Å². The third-order valence-electron chi connectivity index (χ3n) is 3.70. The average Bonchev–Trinajstić information content (AvgIpc) is 3.10. The van der Waals surface area contributed by atoms with Crippen molar-refractivity contribution in [2.45, 2.75) is 0 Å². The molecule has 6 heteroatoms. The maximum Gasteiger partial charge on any atom is 0.287 e. The van der Waals surface area contributed by atoms with Crippen LogP contribution in [-0.4, -0.2) is 23.5 Å². The molecule has 3 heterocycles. The van der Waals surface area contributed by atoms with Gasteiger partial charge in [0, 0.05) is 25.9 Å². The largest absolute Gasteiger partial charge is 0.320 e. The highest BCUT2D eigenvalue weighted by atomic mass is 16.1. The van der Waals surface area contributed by atoms with Crippen LogP contribution >= 0.6 is 0 Å². The summed E-state index contributed by atoms with van der Waals surface area (Å²) in [6.45, 7) is 0. The Morgan fingerprint density at radius 3 is 2.62 bits per heavy atom. The molecule has 6 nitrogen and oxygen atoms in total. The molecule has 0 atom stereocenters. The number of rotatable bonds is 1. The van der Waals surface area contributed by atoms with E-state index in [1.54, 1.807) is 16.9 Å².